The average molecular weight is 357 g/mol. The van der Waals surface area contributed by atoms with Gasteiger partial charge in [-0.2, -0.15) is 0 Å². The van der Waals surface area contributed by atoms with Gasteiger partial charge in [0.1, 0.15) is 6.04 Å². The molecule has 0 saturated heterocycles. The Kier molecular flexibility index (Phi) is 8.94. The minimum atomic E-state index is -1.53. The highest BCUT2D eigenvalue weighted by Crippen LogP contribution is 2.24. The van der Waals surface area contributed by atoms with Crippen molar-refractivity contribution in [3.63, 3.8) is 0 Å². The molecular formula is C17H27NO7. The van der Waals surface area contributed by atoms with Gasteiger partial charge < -0.3 is 19.9 Å². The minimum absolute atomic E-state index is 0.0427. The minimum Gasteiger partial charge on any atom is -0.480 e. The van der Waals surface area contributed by atoms with Gasteiger partial charge in [0.05, 0.1) is 25.6 Å². The Balaban J connectivity index is 2.89. The molecule has 1 aliphatic rings. The molecule has 8 nitrogen and oxygen atoms in total. The topological polar surface area (TPSA) is 119 Å². The maximum atomic E-state index is 12.4. The van der Waals surface area contributed by atoms with E-state index in [1.165, 1.54) is 0 Å². The molecule has 0 heterocycles. The first kappa shape index (κ1) is 20.9. The van der Waals surface area contributed by atoms with E-state index in [9.17, 15) is 24.3 Å². The van der Waals surface area contributed by atoms with Crippen LogP contribution in [0.2, 0.25) is 0 Å². The second kappa shape index (κ2) is 10.7. The van der Waals surface area contributed by atoms with Crippen LogP contribution in [0.3, 0.4) is 0 Å². The molecule has 1 amide bonds. The number of ether oxygens (including phenoxy) is 2. The Morgan fingerprint density at radius 2 is 1.64 bits per heavy atom. The molecule has 1 saturated carbocycles. The van der Waals surface area contributed by atoms with Crippen LogP contribution in [0.25, 0.3) is 0 Å². The molecule has 0 unspecified atom stereocenters. The van der Waals surface area contributed by atoms with Gasteiger partial charge in [-0.1, -0.05) is 19.3 Å². The van der Waals surface area contributed by atoms with Crippen LogP contribution in [0.15, 0.2) is 0 Å². The van der Waals surface area contributed by atoms with Crippen LogP contribution in [-0.4, -0.2) is 48.2 Å². The number of carbonyl (C=O) groups is 4. The Morgan fingerprint density at radius 3 is 2.16 bits per heavy atom. The van der Waals surface area contributed by atoms with Gasteiger partial charge in [-0.25, -0.2) is 4.79 Å². The van der Waals surface area contributed by atoms with Crippen molar-refractivity contribution in [1.82, 2.24) is 5.32 Å². The zero-order valence-electron chi connectivity index (χ0n) is 14.8. The van der Waals surface area contributed by atoms with Crippen molar-refractivity contribution in [1.29, 1.82) is 0 Å². The zero-order valence-corrected chi connectivity index (χ0v) is 14.8. The lowest BCUT2D eigenvalue weighted by Gasteiger charge is -2.26. The third-order valence-corrected chi connectivity index (χ3v) is 4.22. The van der Waals surface area contributed by atoms with Crippen LogP contribution >= 0.6 is 0 Å². The Labute approximate surface area is 147 Å². The van der Waals surface area contributed by atoms with Crippen LogP contribution in [0, 0.1) is 11.8 Å². The molecule has 0 aromatic carbocycles. The Morgan fingerprint density at radius 1 is 1.04 bits per heavy atom. The van der Waals surface area contributed by atoms with Gasteiger partial charge in [0.25, 0.3) is 0 Å². The van der Waals surface area contributed by atoms with Crippen molar-refractivity contribution in [2.24, 2.45) is 11.8 Å². The van der Waals surface area contributed by atoms with E-state index in [0.29, 0.717) is 12.8 Å². The maximum absolute atomic E-state index is 12.4. The monoisotopic (exact) mass is 357 g/mol. The molecule has 0 aliphatic heterocycles. The molecule has 1 aliphatic carbocycles. The number of amides is 1. The summed E-state index contributed by atoms with van der Waals surface area (Å²) in [4.78, 5) is 47.9. The van der Waals surface area contributed by atoms with E-state index in [2.05, 4.69) is 5.32 Å². The molecule has 25 heavy (non-hydrogen) atoms. The highest BCUT2D eigenvalue weighted by Gasteiger charge is 2.39. The number of rotatable bonds is 9. The summed E-state index contributed by atoms with van der Waals surface area (Å²) in [5, 5.41) is 11.9. The molecule has 142 valence electrons. The van der Waals surface area contributed by atoms with E-state index in [1.807, 2.05) is 0 Å². The first-order valence-electron chi connectivity index (χ1n) is 8.76. The molecule has 0 aromatic heterocycles. The van der Waals surface area contributed by atoms with Crippen molar-refractivity contribution in [2.45, 2.75) is 58.4 Å². The smallest absolute Gasteiger partial charge is 0.327 e. The van der Waals surface area contributed by atoms with E-state index in [1.54, 1.807) is 13.8 Å². The number of hydrogen-bond donors (Lipinski definition) is 2. The second-order valence-electron chi connectivity index (χ2n) is 6.03. The summed E-state index contributed by atoms with van der Waals surface area (Å²) in [7, 11) is 0. The van der Waals surface area contributed by atoms with Crippen molar-refractivity contribution < 1.29 is 33.8 Å². The number of carbonyl (C=O) groups excluding carboxylic acids is 3. The van der Waals surface area contributed by atoms with Gasteiger partial charge in [-0.05, 0) is 26.7 Å². The molecule has 1 fully saturated rings. The highest BCUT2D eigenvalue weighted by molar-refractivity contribution is 5.91. The Hall–Kier alpha value is -2.12. The van der Waals surface area contributed by atoms with Crippen LogP contribution in [0.4, 0.5) is 0 Å². The van der Waals surface area contributed by atoms with Crippen molar-refractivity contribution in [2.75, 3.05) is 13.2 Å². The van der Waals surface area contributed by atoms with Gasteiger partial charge in [0.15, 0.2) is 0 Å². The fourth-order valence-corrected chi connectivity index (χ4v) is 2.96. The quantitative estimate of drug-likeness (QED) is 0.596. The lowest BCUT2D eigenvalue weighted by molar-refractivity contribution is -0.160. The number of carboxylic acids is 1. The predicted octanol–water partition coefficient (Wildman–Crippen LogP) is 1.27. The van der Waals surface area contributed by atoms with E-state index in [0.717, 1.165) is 19.3 Å². The summed E-state index contributed by atoms with van der Waals surface area (Å²) in [5.41, 5.74) is 0. The molecule has 0 radical (unpaired) electrons. The molecule has 0 aromatic rings. The van der Waals surface area contributed by atoms with Crippen LogP contribution in [-0.2, 0) is 28.7 Å². The first-order chi connectivity index (χ1) is 11.9. The van der Waals surface area contributed by atoms with Crippen LogP contribution in [0.1, 0.15) is 52.4 Å². The average Bonchev–Trinajstić information content (AvgIpc) is 2.58. The number of nitrogens with one attached hydrogen (secondary N) is 1. The van der Waals surface area contributed by atoms with E-state index < -0.39 is 42.2 Å². The lowest BCUT2D eigenvalue weighted by Crippen LogP contribution is -2.51. The molecular weight excluding hydrogens is 330 g/mol. The van der Waals surface area contributed by atoms with Gasteiger partial charge in [0, 0.05) is 5.92 Å². The summed E-state index contributed by atoms with van der Waals surface area (Å²) < 4.78 is 9.68. The third-order valence-electron chi connectivity index (χ3n) is 4.22. The molecule has 0 spiro atoms. The first-order valence-corrected chi connectivity index (χ1v) is 8.76. The van der Waals surface area contributed by atoms with Crippen molar-refractivity contribution in [3.05, 3.63) is 0 Å². The van der Waals surface area contributed by atoms with Gasteiger partial charge in [-0.15, -0.1) is 0 Å². The van der Waals surface area contributed by atoms with Crippen LogP contribution < -0.4 is 5.32 Å². The number of aliphatic carboxylic acids is 1. The number of esters is 2. The summed E-state index contributed by atoms with van der Waals surface area (Å²) >= 11 is 0. The fraction of sp³-hybridized carbons (Fsp3) is 0.765. The van der Waals surface area contributed by atoms with Gasteiger partial charge in [-0.3, -0.25) is 14.4 Å². The predicted molar refractivity (Wildman–Crippen MR) is 87.5 cm³/mol. The summed E-state index contributed by atoms with van der Waals surface area (Å²) in [6.45, 7) is 3.34. The standard InChI is InChI=1S/C17H27NO7/c1-3-24-13(19)10-12(17(23)25-4-2)14(16(21)22)18-15(20)11-8-6-5-7-9-11/h11-12,14H,3-10H2,1-2H3,(H,18,20)(H,21,22)/t12-,14-/m1/s1. The van der Waals surface area contributed by atoms with E-state index in [-0.39, 0.29) is 19.1 Å². The molecule has 2 atom stereocenters. The SMILES string of the molecule is CCOC(=O)C[C@@H](C(=O)OCC)[C@@H](NC(=O)C1CCCCC1)C(=O)O. The summed E-state index contributed by atoms with van der Waals surface area (Å²) in [6.07, 6.45) is 3.81. The summed E-state index contributed by atoms with van der Waals surface area (Å²) in [5.74, 6) is -4.92. The fourth-order valence-electron chi connectivity index (χ4n) is 2.96. The van der Waals surface area contributed by atoms with E-state index in [4.69, 9.17) is 9.47 Å². The lowest BCUT2D eigenvalue weighted by atomic mass is 9.87. The molecule has 8 heteroatoms. The largest absolute Gasteiger partial charge is 0.480 e. The van der Waals surface area contributed by atoms with Gasteiger partial charge in [0.2, 0.25) is 5.91 Å². The normalized spacial score (nSPS) is 17.2. The third kappa shape index (κ3) is 6.72. The molecule has 1 rings (SSSR count). The number of hydrogen-bond acceptors (Lipinski definition) is 6. The zero-order chi connectivity index (χ0) is 18.8. The van der Waals surface area contributed by atoms with Crippen LogP contribution in [0.5, 0.6) is 0 Å². The second-order valence-corrected chi connectivity index (χ2v) is 6.03. The Bertz CT molecular complexity index is 485. The molecule has 0 bridgehead atoms. The maximum Gasteiger partial charge on any atom is 0.327 e. The van der Waals surface area contributed by atoms with Gasteiger partial charge >= 0.3 is 17.9 Å². The number of carboxylic acid groups (broad SMARTS) is 1. The highest BCUT2D eigenvalue weighted by atomic mass is 16.5. The van der Waals surface area contributed by atoms with Crippen molar-refractivity contribution >= 4 is 23.8 Å². The molecule has 2 N–H and O–H groups in total. The van der Waals surface area contributed by atoms with E-state index >= 15 is 0 Å². The summed E-state index contributed by atoms with van der Waals surface area (Å²) in [6, 6.07) is -1.53. The van der Waals surface area contributed by atoms with Crippen molar-refractivity contribution in [3.8, 4) is 0 Å².